The molecule has 1 heteroatoms. The molecule has 0 aliphatic rings. The molecule has 0 amide bonds. The van der Waals surface area contributed by atoms with Gasteiger partial charge < -0.3 is 4.48 Å². The summed E-state index contributed by atoms with van der Waals surface area (Å²) in [4.78, 5) is 0. The van der Waals surface area contributed by atoms with Gasteiger partial charge in [0.2, 0.25) is 0 Å². The third kappa shape index (κ3) is 2.70. The van der Waals surface area contributed by atoms with Crippen LogP contribution in [0, 0.1) is 5.41 Å². The SMILES string of the molecule is CC(C(C)(C)C)[N+](C)(C)C. The van der Waals surface area contributed by atoms with Crippen molar-refractivity contribution < 1.29 is 4.48 Å². The van der Waals surface area contributed by atoms with E-state index in [1.165, 1.54) is 0 Å². The van der Waals surface area contributed by atoms with E-state index in [0.717, 1.165) is 4.48 Å². The quantitative estimate of drug-likeness (QED) is 0.495. The molecule has 0 aromatic heterocycles. The molecule has 62 valence electrons. The summed E-state index contributed by atoms with van der Waals surface area (Å²) in [5.74, 6) is 0. The molecule has 1 atom stereocenters. The topological polar surface area (TPSA) is 0 Å². The van der Waals surface area contributed by atoms with Crippen LogP contribution in [0.15, 0.2) is 0 Å². The summed E-state index contributed by atoms with van der Waals surface area (Å²) >= 11 is 0. The Balaban J connectivity index is 4.23. The first kappa shape index (κ1) is 9.96. The highest BCUT2D eigenvalue weighted by molar-refractivity contribution is 4.69. The lowest BCUT2D eigenvalue weighted by molar-refractivity contribution is -0.901. The standard InChI is InChI=1S/C9H22N/c1-8(9(2,3)4)10(5,6)7/h8H,1-7H3/q+1. The minimum absolute atomic E-state index is 0.415. The zero-order chi connectivity index (χ0) is 8.58. The third-order valence-electron chi connectivity index (χ3n) is 2.42. The Bertz CT molecular complexity index is 88.9. The van der Waals surface area contributed by atoms with Crippen molar-refractivity contribution in [3.8, 4) is 0 Å². The van der Waals surface area contributed by atoms with E-state index in [4.69, 9.17) is 0 Å². The molecule has 1 unspecified atom stereocenters. The first-order valence-corrected chi connectivity index (χ1v) is 3.97. The molecule has 0 aliphatic heterocycles. The van der Waals surface area contributed by atoms with Gasteiger partial charge in [0.05, 0.1) is 27.2 Å². The van der Waals surface area contributed by atoms with E-state index < -0.39 is 0 Å². The molecule has 0 rings (SSSR count). The Labute approximate surface area is 65.6 Å². The van der Waals surface area contributed by atoms with Crippen molar-refractivity contribution in [2.75, 3.05) is 21.1 Å². The summed E-state index contributed by atoms with van der Waals surface area (Å²) in [6, 6.07) is 0.701. The van der Waals surface area contributed by atoms with Crippen molar-refractivity contribution in [1.82, 2.24) is 0 Å². The van der Waals surface area contributed by atoms with Gasteiger partial charge in [0, 0.05) is 5.41 Å². The van der Waals surface area contributed by atoms with Crippen LogP contribution in [0.2, 0.25) is 0 Å². The molecule has 0 aromatic carbocycles. The maximum atomic E-state index is 2.31. The van der Waals surface area contributed by atoms with Crippen LogP contribution in [-0.4, -0.2) is 31.7 Å². The van der Waals surface area contributed by atoms with Crippen LogP contribution >= 0.6 is 0 Å². The number of hydrogen-bond acceptors (Lipinski definition) is 0. The van der Waals surface area contributed by atoms with Crippen LogP contribution in [0.1, 0.15) is 27.7 Å². The van der Waals surface area contributed by atoms with Gasteiger partial charge in [-0.25, -0.2) is 0 Å². The lowest BCUT2D eigenvalue weighted by atomic mass is 9.86. The lowest BCUT2D eigenvalue weighted by Gasteiger charge is -2.39. The van der Waals surface area contributed by atoms with Gasteiger partial charge in [-0.1, -0.05) is 20.8 Å². The Morgan fingerprint density at radius 3 is 1.30 bits per heavy atom. The summed E-state index contributed by atoms with van der Waals surface area (Å²) in [6.45, 7) is 9.18. The zero-order valence-electron chi connectivity index (χ0n) is 8.52. The van der Waals surface area contributed by atoms with Crippen LogP contribution in [0.5, 0.6) is 0 Å². The molecule has 10 heavy (non-hydrogen) atoms. The zero-order valence-corrected chi connectivity index (χ0v) is 8.52. The number of nitrogens with zero attached hydrogens (tertiary/aromatic N) is 1. The van der Waals surface area contributed by atoms with Crippen LogP contribution in [0.4, 0.5) is 0 Å². The van der Waals surface area contributed by atoms with Crippen molar-refractivity contribution in [3.63, 3.8) is 0 Å². The van der Waals surface area contributed by atoms with Gasteiger partial charge in [0.1, 0.15) is 0 Å². The summed E-state index contributed by atoms with van der Waals surface area (Å²) in [5, 5.41) is 0. The molecule has 0 N–H and O–H groups in total. The summed E-state index contributed by atoms with van der Waals surface area (Å²) < 4.78 is 1.05. The fourth-order valence-corrected chi connectivity index (χ4v) is 1.16. The monoisotopic (exact) mass is 144 g/mol. The highest BCUT2D eigenvalue weighted by atomic mass is 15.3. The first-order chi connectivity index (χ1) is 4.15. The number of quaternary nitrogens is 1. The summed E-state index contributed by atoms with van der Waals surface area (Å²) in [7, 11) is 6.74. The second-order valence-electron chi connectivity index (χ2n) is 5.16. The van der Waals surface area contributed by atoms with Crippen LogP contribution in [0.25, 0.3) is 0 Å². The predicted octanol–water partition coefficient (Wildman–Crippen LogP) is 2.13. The van der Waals surface area contributed by atoms with E-state index in [0.29, 0.717) is 11.5 Å². The molecule has 0 fully saturated rings. The maximum absolute atomic E-state index is 2.31. The van der Waals surface area contributed by atoms with Crippen molar-refractivity contribution in [2.24, 2.45) is 5.41 Å². The summed E-state index contributed by atoms with van der Waals surface area (Å²) in [6.07, 6.45) is 0. The second kappa shape index (κ2) is 2.54. The highest BCUT2D eigenvalue weighted by Crippen LogP contribution is 2.25. The normalized spacial score (nSPS) is 17.1. The smallest absolute Gasteiger partial charge is 0.0904 e. The first-order valence-electron chi connectivity index (χ1n) is 3.97. The van der Waals surface area contributed by atoms with Crippen molar-refractivity contribution in [2.45, 2.75) is 33.7 Å². The second-order valence-corrected chi connectivity index (χ2v) is 5.16. The van der Waals surface area contributed by atoms with Crippen LogP contribution < -0.4 is 0 Å². The van der Waals surface area contributed by atoms with E-state index in [1.807, 2.05) is 0 Å². The van der Waals surface area contributed by atoms with E-state index in [1.54, 1.807) is 0 Å². The fraction of sp³-hybridized carbons (Fsp3) is 1.00. The minimum Gasteiger partial charge on any atom is -0.328 e. The Morgan fingerprint density at radius 2 is 1.30 bits per heavy atom. The molecular weight excluding hydrogens is 122 g/mol. The maximum Gasteiger partial charge on any atom is 0.0904 e. The van der Waals surface area contributed by atoms with Gasteiger partial charge in [-0.3, -0.25) is 0 Å². The van der Waals surface area contributed by atoms with Gasteiger partial charge in [-0.2, -0.15) is 0 Å². The largest absolute Gasteiger partial charge is 0.328 e. The van der Waals surface area contributed by atoms with Crippen molar-refractivity contribution in [1.29, 1.82) is 0 Å². The van der Waals surface area contributed by atoms with Gasteiger partial charge in [0.25, 0.3) is 0 Å². The molecule has 0 aliphatic carbocycles. The van der Waals surface area contributed by atoms with E-state index in [9.17, 15) is 0 Å². The molecule has 1 nitrogen and oxygen atoms in total. The van der Waals surface area contributed by atoms with Crippen LogP contribution in [0.3, 0.4) is 0 Å². The van der Waals surface area contributed by atoms with Crippen LogP contribution in [-0.2, 0) is 0 Å². The average molecular weight is 144 g/mol. The molecule has 0 bridgehead atoms. The average Bonchev–Trinajstić information content (AvgIpc) is 1.59. The molecule has 0 aromatic rings. The van der Waals surface area contributed by atoms with E-state index in [2.05, 4.69) is 48.8 Å². The molecular formula is C9H22N+. The van der Waals surface area contributed by atoms with Crippen molar-refractivity contribution in [3.05, 3.63) is 0 Å². The Hall–Kier alpha value is -0.0400. The highest BCUT2D eigenvalue weighted by Gasteiger charge is 2.30. The van der Waals surface area contributed by atoms with Gasteiger partial charge in [-0.05, 0) is 6.92 Å². The van der Waals surface area contributed by atoms with E-state index in [-0.39, 0.29) is 0 Å². The Kier molecular flexibility index (Phi) is 2.53. The minimum atomic E-state index is 0.415. The fourth-order valence-electron chi connectivity index (χ4n) is 1.16. The summed E-state index contributed by atoms with van der Waals surface area (Å²) in [5.41, 5.74) is 0.415. The van der Waals surface area contributed by atoms with Gasteiger partial charge >= 0.3 is 0 Å². The predicted molar refractivity (Wildman–Crippen MR) is 46.9 cm³/mol. The molecule has 0 spiro atoms. The Morgan fingerprint density at radius 1 is 1.00 bits per heavy atom. The molecule has 0 heterocycles. The van der Waals surface area contributed by atoms with Gasteiger partial charge in [0.15, 0.2) is 0 Å². The molecule has 0 saturated carbocycles. The lowest BCUT2D eigenvalue weighted by Crippen LogP contribution is -2.50. The van der Waals surface area contributed by atoms with E-state index >= 15 is 0 Å². The third-order valence-corrected chi connectivity index (χ3v) is 2.42. The number of rotatable bonds is 1. The molecule has 0 radical (unpaired) electrons. The number of hydrogen-bond donors (Lipinski definition) is 0. The van der Waals surface area contributed by atoms with Crippen molar-refractivity contribution >= 4 is 0 Å². The molecule has 0 saturated heterocycles. The van der Waals surface area contributed by atoms with Gasteiger partial charge in [-0.15, -0.1) is 0 Å².